The highest BCUT2D eigenvalue weighted by Crippen LogP contribution is 2.29. The van der Waals surface area contributed by atoms with E-state index in [2.05, 4.69) is 4.74 Å². The summed E-state index contributed by atoms with van der Waals surface area (Å²) in [5, 5.41) is 10.8. The van der Waals surface area contributed by atoms with Crippen molar-refractivity contribution in [3.05, 3.63) is 68.7 Å². The Morgan fingerprint density at radius 2 is 1.91 bits per heavy atom. The summed E-state index contributed by atoms with van der Waals surface area (Å²) >= 11 is 5.93. The van der Waals surface area contributed by atoms with Crippen LogP contribution in [0, 0.1) is 10.1 Å². The van der Waals surface area contributed by atoms with Crippen molar-refractivity contribution in [2.45, 2.75) is 6.61 Å². The van der Waals surface area contributed by atoms with Crippen molar-refractivity contribution in [3.63, 3.8) is 0 Å². The molecule has 6 nitrogen and oxygen atoms in total. The maximum atomic E-state index is 11.3. The van der Waals surface area contributed by atoms with Gasteiger partial charge in [0.25, 0.3) is 5.69 Å². The predicted molar refractivity (Wildman–Crippen MR) is 80.2 cm³/mol. The lowest BCUT2D eigenvalue weighted by Crippen LogP contribution is -2.02. The lowest BCUT2D eigenvalue weighted by molar-refractivity contribution is -0.384. The number of nitrogens with zero attached hydrogens (tertiary/aromatic N) is 1. The van der Waals surface area contributed by atoms with Gasteiger partial charge in [-0.05, 0) is 23.8 Å². The van der Waals surface area contributed by atoms with Crippen LogP contribution in [0.2, 0.25) is 5.02 Å². The van der Waals surface area contributed by atoms with E-state index in [9.17, 15) is 14.9 Å². The first-order chi connectivity index (χ1) is 10.5. The first-order valence-corrected chi connectivity index (χ1v) is 6.63. The molecule has 0 amide bonds. The fourth-order valence-corrected chi connectivity index (χ4v) is 1.97. The lowest BCUT2D eigenvalue weighted by atomic mass is 10.1. The second-order valence-corrected chi connectivity index (χ2v) is 4.76. The van der Waals surface area contributed by atoms with Crippen LogP contribution in [0.1, 0.15) is 15.9 Å². The number of hydrogen-bond donors (Lipinski definition) is 0. The van der Waals surface area contributed by atoms with Gasteiger partial charge >= 0.3 is 5.97 Å². The van der Waals surface area contributed by atoms with Crippen molar-refractivity contribution in [1.82, 2.24) is 0 Å². The highest BCUT2D eigenvalue weighted by atomic mass is 35.5. The van der Waals surface area contributed by atoms with Gasteiger partial charge in [0.2, 0.25) is 0 Å². The summed E-state index contributed by atoms with van der Waals surface area (Å²) in [5.74, 6) is -0.0600. The first-order valence-electron chi connectivity index (χ1n) is 6.25. The van der Waals surface area contributed by atoms with Crippen molar-refractivity contribution in [2.24, 2.45) is 0 Å². The molecule has 0 unspecified atom stereocenters. The Hall–Kier alpha value is -2.60. The van der Waals surface area contributed by atoms with Crippen LogP contribution >= 0.6 is 11.6 Å². The molecular formula is C15H12ClNO5. The Kier molecular flexibility index (Phi) is 4.95. The molecular weight excluding hydrogens is 310 g/mol. The molecule has 22 heavy (non-hydrogen) atoms. The first kappa shape index (κ1) is 15.8. The van der Waals surface area contributed by atoms with E-state index in [1.807, 2.05) is 0 Å². The number of rotatable bonds is 5. The molecule has 0 aromatic heterocycles. The Bertz CT molecular complexity index is 700. The van der Waals surface area contributed by atoms with Crippen LogP contribution in [-0.2, 0) is 11.3 Å². The average molecular weight is 322 g/mol. The van der Waals surface area contributed by atoms with E-state index in [1.165, 1.54) is 25.3 Å². The number of carbonyl (C=O) groups is 1. The summed E-state index contributed by atoms with van der Waals surface area (Å²) in [4.78, 5) is 21.4. The van der Waals surface area contributed by atoms with Gasteiger partial charge in [0, 0.05) is 12.1 Å². The van der Waals surface area contributed by atoms with E-state index in [4.69, 9.17) is 16.3 Å². The van der Waals surface area contributed by atoms with E-state index in [1.54, 1.807) is 24.3 Å². The van der Waals surface area contributed by atoms with E-state index in [-0.39, 0.29) is 17.3 Å². The van der Waals surface area contributed by atoms with E-state index in [0.717, 1.165) is 5.56 Å². The summed E-state index contributed by atoms with van der Waals surface area (Å²) in [6.45, 7) is 0.221. The number of methoxy groups -OCH3 is 1. The van der Waals surface area contributed by atoms with Crippen molar-refractivity contribution in [2.75, 3.05) is 7.11 Å². The van der Waals surface area contributed by atoms with Crippen LogP contribution in [0.3, 0.4) is 0 Å². The molecule has 0 heterocycles. The van der Waals surface area contributed by atoms with Gasteiger partial charge in [-0.3, -0.25) is 10.1 Å². The molecule has 2 aromatic carbocycles. The maximum Gasteiger partial charge on any atom is 0.337 e. The molecule has 114 valence electrons. The van der Waals surface area contributed by atoms with Gasteiger partial charge in [-0.1, -0.05) is 23.7 Å². The largest absolute Gasteiger partial charge is 0.487 e. The zero-order valence-electron chi connectivity index (χ0n) is 11.6. The Balaban J connectivity index is 2.04. The van der Waals surface area contributed by atoms with Gasteiger partial charge in [0.15, 0.2) is 0 Å². The van der Waals surface area contributed by atoms with E-state index >= 15 is 0 Å². The SMILES string of the molecule is COC(=O)c1ccc(COc2ccc([N+](=O)[O-])cc2Cl)cc1. The smallest absolute Gasteiger partial charge is 0.337 e. The number of nitro groups is 1. The minimum Gasteiger partial charge on any atom is -0.487 e. The monoisotopic (exact) mass is 321 g/mol. The highest BCUT2D eigenvalue weighted by Gasteiger charge is 2.10. The molecule has 2 aromatic rings. The summed E-state index contributed by atoms with van der Waals surface area (Å²) in [7, 11) is 1.32. The molecule has 0 spiro atoms. The molecule has 0 aliphatic rings. The minimum absolute atomic E-state index is 0.0974. The number of ether oxygens (including phenoxy) is 2. The zero-order valence-corrected chi connectivity index (χ0v) is 12.4. The molecule has 0 N–H and O–H groups in total. The fourth-order valence-electron chi connectivity index (χ4n) is 1.74. The summed E-state index contributed by atoms with van der Waals surface area (Å²) in [6.07, 6.45) is 0. The number of non-ortho nitro benzene ring substituents is 1. The minimum atomic E-state index is -0.527. The Labute approximate surface area is 131 Å². The standard InChI is InChI=1S/C15H12ClNO5/c1-21-15(18)11-4-2-10(3-5-11)9-22-14-7-6-12(17(19)20)8-13(14)16/h2-8H,9H2,1H3. The summed E-state index contributed by atoms with van der Waals surface area (Å²) in [6, 6.07) is 10.7. The summed E-state index contributed by atoms with van der Waals surface area (Å²) < 4.78 is 10.1. The number of halogens is 1. The molecule has 0 atom stereocenters. The summed E-state index contributed by atoms with van der Waals surface area (Å²) in [5.41, 5.74) is 1.17. The van der Waals surface area contributed by atoms with E-state index < -0.39 is 10.9 Å². The third kappa shape index (κ3) is 3.73. The zero-order chi connectivity index (χ0) is 16.1. The highest BCUT2D eigenvalue weighted by molar-refractivity contribution is 6.32. The third-order valence-corrected chi connectivity index (χ3v) is 3.19. The van der Waals surface area contributed by atoms with Crippen LogP contribution in [0.25, 0.3) is 0 Å². The molecule has 7 heteroatoms. The topological polar surface area (TPSA) is 78.7 Å². The molecule has 0 aliphatic heterocycles. The second kappa shape index (κ2) is 6.91. The molecule has 0 aliphatic carbocycles. The van der Waals surface area contributed by atoms with Crippen LogP contribution in [0.15, 0.2) is 42.5 Å². The van der Waals surface area contributed by atoms with Crippen LogP contribution < -0.4 is 4.74 Å². The quantitative estimate of drug-likeness (QED) is 0.477. The molecule has 0 fully saturated rings. The molecule has 2 rings (SSSR count). The fraction of sp³-hybridized carbons (Fsp3) is 0.133. The van der Waals surface area contributed by atoms with E-state index in [0.29, 0.717) is 11.3 Å². The van der Waals surface area contributed by atoms with Crippen molar-refractivity contribution >= 4 is 23.3 Å². The average Bonchev–Trinajstić information content (AvgIpc) is 2.53. The number of carbonyl (C=O) groups excluding carboxylic acids is 1. The van der Waals surface area contributed by atoms with Gasteiger partial charge in [0.05, 0.1) is 22.6 Å². The lowest BCUT2D eigenvalue weighted by Gasteiger charge is -2.08. The van der Waals surface area contributed by atoms with Gasteiger partial charge in [-0.2, -0.15) is 0 Å². The number of hydrogen-bond acceptors (Lipinski definition) is 5. The van der Waals surface area contributed by atoms with Crippen LogP contribution in [0.4, 0.5) is 5.69 Å². The number of benzene rings is 2. The Morgan fingerprint density at radius 3 is 2.45 bits per heavy atom. The molecule has 0 radical (unpaired) electrons. The maximum absolute atomic E-state index is 11.3. The van der Waals surface area contributed by atoms with Crippen LogP contribution in [-0.4, -0.2) is 18.0 Å². The van der Waals surface area contributed by atoms with Gasteiger partial charge in [0.1, 0.15) is 12.4 Å². The number of esters is 1. The second-order valence-electron chi connectivity index (χ2n) is 4.35. The number of nitro benzene ring substituents is 1. The van der Waals surface area contributed by atoms with Gasteiger partial charge < -0.3 is 9.47 Å². The van der Waals surface area contributed by atoms with Crippen molar-refractivity contribution in [3.8, 4) is 5.75 Å². The molecule has 0 saturated heterocycles. The van der Waals surface area contributed by atoms with Crippen molar-refractivity contribution in [1.29, 1.82) is 0 Å². The van der Waals surface area contributed by atoms with Crippen molar-refractivity contribution < 1.29 is 19.2 Å². The van der Waals surface area contributed by atoms with Crippen LogP contribution in [0.5, 0.6) is 5.75 Å². The molecule has 0 saturated carbocycles. The predicted octanol–water partition coefficient (Wildman–Crippen LogP) is 3.61. The normalized spacial score (nSPS) is 10.1. The van der Waals surface area contributed by atoms with Gasteiger partial charge in [-0.15, -0.1) is 0 Å². The molecule has 0 bridgehead atoms. The Morgan fingerprint density at radius 1 is 1.23 bits per heavy atom. The van der Waals surface area contributed by atoms with Gasteiger partial charge in [-0.25, -0.2) is 4.79 Å². The third-order valence-electron chi connectivity index (χ3n) is 2.90.